The Hall–Kier alpha value is -5.46. The van der Waals surface area contributed by atoms with Crippen molar-refractivity contribution in [1.29, 1.82) is 0 Å². The fraction of sp³-hybridized carbons (Fsp3) is 0.333. The largest absolute Gasteiger partial charge is 0.448 e. The Morgan fingerprint density at radius 1 is 1.05 bits per heavy atom. The van der Waals surface area contributed by atoms with Crippen molar-refractivity contribution in [3.05, 3.63) is 112 Å². The van der Waals surface area contributed by atoms with E-state index in [2.05, 4.69) is 30.1 Å². The van der Waals surface area contributed by atoms with E-state index in [4.69, 9.17) is 20.0 Å². The van der Waals surface area contributed by atoms with Crippen LogP contribution in [0.4, 0.5) is 9.93 Å². The summed E-state index contributed by atoms with van der Waals surface area (Å²) in [5.74, 6) is -0.802. The number of ether oxygens (including phenoxy) is 2. The van der Waals surface area contributed by atoms with E-state index < -0.39 is 47.7 Å². The average molecular weight is 831 g/mol. The molecule has 0 aliphatic carbocycles. The molecule has 1 saturated heterocycles. The molecule has 0 spiro atoms. The topological polar surface area (TPSA) is 200 Å². The summed E-state index contributed by atoms with van der Waals surface area (Å²) in [7, 11) is 1.27. The summed E-state index contributed by atoms with van der Waals surface area (Å²) in [6.07, 6.45) is 1.30. The molecule has 298 valence electrons. The highest BCUT2D eigenvalue weighted by atomic mass is 32.2. The summed E-state index contributed by atoms with van der Waals surface area (Å²) in [5.41, 5.74) is 7.30. The normalized spacial score (nSPS) is 16.8. The van der Waals surface area contributed by atoms with Crippen molar-refractivity contribution in [3.8, 4) is 0 Å². The van der Waals surface area contributed by atoms with Gasteiger partial charge in [-0.3, -0.25) is 19.5 Å². The van der Waals surface area contributed by atoms with Crippen LogP contribution in [0.3, 0.4) is 0 Å². The number of pyridine rings is 1. The van der Waals surface area contributed by atoms with Gasteiger partial charge in [0.15, 0.2) is 11.2 Å². The van der Waals surface area contributed by atoms with Gasteiger partial charge in [-0.2, -0.15) is 21.1 Å². The van der Waals surface area contributed by atoms with E-state index >= 15 is 0 Å². The number of carbonyl (C=O) groups excluding carboxylic acids is 4. The van der Waals surface area contributed by atoms with Gasteiger partial charge in [-0.25, -0.2) is 9.59 Å². The number of alkyl carbamates (subject to hydrolysis) is 1. The zero-order valence-corrected chi connectivity index (χ0v) is 34.1. The van der Waals surface area contributed by atoms with Crippen molar-refractivity contribution < 1.29 is 33.5 Å². The maximum absolute atomic E-state index is 14.6. The van der Waals surface area contributed by atoms with Gasteiger partial charge in [-0.1, -0.05) is 77.6 Å². The molecule has 4 N–H and O–H groups in total. The molecule has 3 amide bonds. The quantitative estimate of drug-likeness (QED) is 0.0450. The minimum atomic E-state index is -0.969. The number of amides is 3. The lowest BCUT2D eigenvalue weighted by molar-refractivity contribution is -0.158. The molecule has 4 heterocycles. The van der Waals surface area contributed by atoms with Crippen LogP contribution in [0.15, 0.2) is 99.6 Å². The number of nitrogens with zero attached hydrogens (tertiary/aromatic N) is 5. The number of nitrogens with two attached hydrogens (primary N) is 1. The monoisotopic (exact) mass is 830 g/mol. The number of esters is 1. The third-order valence-corrected chi connectivity index (χ3v) is 11.3. The standard InChI is InChI=1S/C39H42N8O7S3/c1-39(2,3)54-38(51)42-20-21-55-22-25-27(16-11-19-41-25)56-28-18-17-26-29(43-34(48)30(45-52-4)33-44-37(40)57-46-33)35(49)47(26)31(28)36(50)53-32(23-12-7-5-8-13-23)24-14-9-6-10-15-24/h5-16,19,26,29,32H,17-18,20-22H2,1-4H3,(H,42,51)(H,43,48)(H2,40,44,46)/t26-,29+/m1/s1. The van der Waals surface area contributed by atoms with Crippen LogP contribution in [0.5, 0.6) is 0 Å². The highest BCUT2D eigenvalue weighted by molar-refractivity contribution is 8.03. The zero-order valence-electron chi connectivity index (χ0n) is 31.7. The van der Waals surface area contributed by atoms with Gasteiger partial charge in [0, 0.05) is 45.6 Å². The summed E-state index contributed by atoms with van der Waals surface area (Å²) in [6, 6.07) is 21.0. The first-order valence-corrected chi connectivity index (χ1v) is 20.7. The first-order valence-electron chi connectivity index (χ1n) is 18.0. The lowest BCUT2D eigenvalue weighted by Gasteiger charge is -2.50. The smallest absolute Gasteiger partial charge is 0.407 e. The number of oxime groups is 1. The molecule has 18 heteroatoms. The molecule has 2 aromatic heterocycles. The van der Waals surface area contributed by atoms with E-state index in [0.29, 0.717) is 35.8 Å². The van der Waals surface area contributed by atoms with Gasteiger partial charge in [-0.15, -0.1) is 0 Å². The van der Waals surface area contributed by atoms with E-state index in [9.17, 15) is 19.2 Å². The highest BCUT2D eigenvalue weighted by Crippen LogP contribution is 2.45. The Morgan fingerprint density at radius 3 is 2.39 bits per heavy atom. The van der Waals surface area contributed by atoms with Crippen molar-refractivity contribution >= 4 is 69.8 Å². The number of fused-ring (bicyclic) bond motifs is 1. The van der Waals surface area contributed by atoms with Crippen LogP contribution < -0.4 is 16.4 Å². The first kappa shape index (κ1) is 41.2. The maximum atomic E-state index is 14.6. The fourth-order valence-corrected chi connectivity index (χ4v) is 8.64. The predicted octanol–water partition coefficient (Wildman–Crippen LogP) is 5.45. The number of anilines is 1. The van der Waals surface area contributed by atoms with Gasteiger partial charge in [0.25, 0.3) is 11.8 Å². The first-order chi connectivity index (χ1) is 27.4. The van der Waals surface area contributed by atoms with Crippen molar-refractivity contribution in [1.82, 2.24) is 29.9 Å². The molecule has 0 bridgehead atoms. The Balaban J connectivity index is 1.26. The van der Waals surface area contributed by atoms with E-state index in [1.165, 1.54) is 23.8 Å². The summed E-state index contributed by atoms with van der Waals surface area (Å²) < 4.78 is 15.7. The molecular formula is C39H42N8O7S3. The molecule has 0 unspecified atom stereocenters. The molecule has 2 aliphatic heterocycles. The minimum Gasteiger partial charge on any atom is -0.448 e. The van der Waals surface area contributed by atoms with Gasteiger partial charge in [0.2, 0.25) is 11.5 Å². The van der Waals surface area contributed by atoms with Crippen LogP contribution in [0.2, 0.25) is 0 Å². The van der Waals surface area contributed by atoms with Crippen molar-refractivity contribution in [2.75, 3.05) is 25.1 Å². The number of nitrogens with one attached hydrogen (secondary N) is 2. The van der Waals surface area contributed by atoms with Crippen LogP contribution in [0.25, 0.3) is 0 Å². The Kier molecular flexibility index (Phi) is 13.5. The predicted molar refractivity (Wildman–Crippen MR) is 218 cm³/mol. The molecular weight excluding hydrogens is 789 g/mol. The Bertz CT molecular complexity index is 2100. The molecule has 6 rings (SSSR count). The number of rotatable bonds is 15. The molecule has 2 aromatic carbocycles. The van der Waals surface area contributed by atoms with Crippen LogP contribution in [-0.4, -0.2) is 85.9 Å². The highest BCUT2D eigenvalue weighted by Gasteiger charge is 2.54. The van der Waals surface area contributed by atoms with Gasteiger partial charge >= 0.3 is 12.1 Å². The molecule has 0 saturated carbocycles. The Labute approximate surface area is 342 Å². The van der Waals surface area contributed by atoms with Gasteiger partial charge in [-0.05, 0) is 56.9 Å². The second-order valence-electron chi connectivity index (χ2n) is 13.8. The number of thioether (sulfide) groups is 2. The second-order valence-corrected chi connectivity index (χ2v) is 16.8. The van der Waals surface area contributed by atoms with E-state index in [1.807, 2.05) is 93.6 Å². The van der Waals surface area contributed by atoms with Crippen molar-refractivity contribution in [2.45, 2.75) is 68.0 Å². The van der Waals surface area contributed by atoms with Crippen LogP contribution in [0, 0.1) is 0 Å². The lowest BCUT2D eigenvalue weighted by atomic mass is 9.86. The molecule has 57 heavy (non-hydrogen) atoms. The van der Waals surface area contributed by atoms with Crippen LogP contribution in [-0.2, 0) is 34.4 Å². The average Bonchev–Trinajstić information content (AvgIpc) is 3.63. The molecule has 15 nitrogen and oxygen atoms in total. The minimum absolute atomic E-state index is 0.0374. The van der Waals surface area contributed by atoms with Crippen LogP contribution in [0.1, 0.15) is 62.4 Å². The lowest BCUT2D eigenvalue weighted by Crippen LogP contribution is -2.72. The summed E-state index contributed by atoms with van der Waals surface area (Å²) >= 11 is 3.83. The molecule has 4 aromatic rings. The van der Waals surface area contributed by atoms with Gasteiger partial charge < -0.3 is 30.7 Å². The maximum Gasteiger partial charge on any atom is 0.407 e. The number of aromatic nitrogens is 3. The molecule has 2 atom stereocenters. The van der Waals surface area contributed by atoms with Crippen LogP contribution >= 0.6 is 35.1 Å². The van der Waals surface area contributed by atoms with Gasteiger partial charge in [0.05, 0.1) is 11.7 Å². The molecule has 2 aliphatic rings. The number of carbonyl (C=O) groups is 4. The number of hydrogen-bond acceptors (Lipinski definition) is 15. The van der Waals surface area contributed by atoms with Crippen molar-refractivity contribution in [3.63, 3.8) is 0 Å². The third kappa shape index (κ3) is 10.3. The van der Waals surface area contributed by atoms with E-state index in [1.54, 1.807) is 18.0 Å². The van der Waals surface area contributed by atoms with E-state index in [0.717, 1.165) is 33.2 Å². The fourth-order valence-electron chi connectivity index (χ4n) is 6.15. The summed E-state index contributed by atoms with van der Waals surface area (Å²) in [5, 5.41) is 9.44. The van der Waals surface area contributed by atoms with Crippen molar-refractivity contribution in [2.24, 2.45) is 5.16 Å². The number of benzene rings is 2. The number of β-lactam (4-membered cyclic amide) rings is 1. The Morgan fingerprint density at radius 2 is 1.75 bits per heavy atom. The SMILES string of the molecule is CON=C(C(=O)N[C@@H]1C(=O)N2C(C(=O)OC(c3ccccc3)c3ccccc3)=C(Sc3cccnc3CSCCNC(=O)OC(C)(C)C)CC[C@H]12)c1nsc(N)n1. The van der Waals surface area contributed by atoms with Gasteiger partial charge in [0.1, 0.15) is 24.4 Å². The zero-order chi connectivity index (χ0) is 40.5. The number of nitrogen functional groups attached to an aromatic ring is 1. The second kappa shape index (κ2) is 18.7. The number of hydrogen-bond donors (Lipinski definition) is 3. The summed E-state index contributed by atoms with van der Waals surface area (Å²) in [6.45, 7) is 5.83. The molecule has 0 radical (unpaired) electrons. The molecule has 1 fully saturated rings. The summed E-state index contributed by atoms with van der Waals surface area (Å²) in [4.78, 5) is 70.6. The van der Waals surface area contributed by atoms with E-state index in [-0.39, 0.29) is 22.4 Å². The number of allylic oxidation sites excluding steroid dienone is 1. The third-order valence-electron chi connectivity index (χ3n) is 8.59.